The van der Waals surface area contributed by atoms with E-state index < -0.39 is 11.3 Å². The van der Waals surface area contributed by atoms with Crippen molar-refractivity contribution in [2.45, 2.75) is 52.0 Å². The quantitative estimate of drug-likeness (QED) is 0.397. The van der Waals surface area contributed by atoms with Gasteiger partial charge >= 0.3 is 5.92 Å². The molecule has 35 heavy (non-hydrogen) atoms. The van der Waals surface area contributed by atoms with Gasteiger partial charge in [-0.15, -0.1) is 11.3 Å². The Morgan fingerprint density at radius 1 is 1.20 bits per heavy atom. The van der Waals surface area contributed by atoms with Gasteiger partial charge in [0.2, 0.25) is 0 Å². The summed E-state index contributed by atoms with van der Waals surface area (Å²) in [4.78, 5) is 19.7. The molecule has 4 heterocycles. The number of halogens is 3. The molecule has 4 rings (SSSR count). The average Bonchev–Trinajstić information content (AvgIpc) is 3.43. The number of nitrogens with zero attached hydrogens (tertiary/aromatic N) is 4. The number of likely N-dealkylation sites (tertiary alicyclic amines) is 1. The fourth-order valence-electron chi connectivity index (χ4n) is 4.15. The second-order valence-corrected chi connectivity index (χ2v) is 11.8. The normalized spacial score (nSPS) is 15.9. The van der Waals surface area contributed by atoms with Gasteiger partial charge in [0.25, 0.3) is 5.91 Å². The third kappa shape index (κ3) is 6.26. The molecule has 1 aliphatic rings. The summed E-state index contributed by atoms with van der Waals surface area (Å²) in [6, 6.07) is 10.3. The molecule has 3 aromatic rings. The first-order chi connectivity index (χ1) is 16.5. The lowest BCUT2D eigenvalue weighted by atomic mass is 9.93. The Hall–Kier alpha value is -2.36. The molecule has 0 saturated carbocycles. The molecule has 0 spiro atoms. The van der Waals surface area contributed by atoms with E-state index in [9.17, 15) is 13.6 Å². The van der Waals surface area contributed by atoms with Crippen LogP contribution in [0.25, 0.3) is 0 Å². The van der Waals surface area contributed by atoms with Crippen LogP contribution < -0.4 is 5.32 Å². The Bertz CT molecular complexity index is 1150. The zero-order chi connectivity index (χ0) is 25.2. The summed E-state index contributed by atoms with van der Waals surface area (Å²) >= 11 is 7.52. The van der Waals surface area contributed by atoms with Gasteiger partial charge in [0.15, 0.2) is 0 Å². The Balaban J connectivity index is 1.44. The van der Waals surface area contributed by atoms with Gasteiger partial charge in [-0.25, -0.2) is 0 Å². The largest absolute Gasteiger partial charge is 0.365 e. The molecule has 6 nitrogen and oxygen atoms in total. The highest BCUT2D eigenvalue weighted by Crippen LogP contribution is 2.33. The van der Waals surface area contributed by atoms with E-state index in [1.807, 2.05) is 39.0 Å². The first-order valence-corrected chi connectivity index (χ1v) is 12.9. The number of anilines is 1. The molecule has 0 unspecified atom stereocenters. The van der Waals surface area contributed by atoms with Crippen LogP contribution in [0.5, 0.6) is 0 Å². The van der Waals surface area contributed by atoms with Crippen molar-refractivity contribution in [1.29, 1.82) is 0 Å². The number of hydrogen-bond acceptors (Lipinski definition) is 6. The molecule has 0 radical (unpaired) electrons. The van der Waals surface area contributed by atoms with Crippen molar-refractivity contribution >= 4 is 34.7 Å². The van der Waals surface area contributed by atoms with Crippen molar-refractivity contribution in [3.05, 3.63) is 63.2 Å². The van der Waals surface area contributed by atoms with E-state index in [-0.39, 0.29) is 24.1 Å². The maximum Gasteiger partial charge on any atom is 0.302 e. The van der Waals surface area contributed by atoms with Crippen molar-refractivity contribution in [3.8, 4) is 0 Å². The van der Waals surface area contributed by atoms with Gasteiger partial charge in [-0.2, -0.15) is 18.6 Å². The zero-order valence-corrected chi connectivity index (χ0v) is 21.7. The van der Waals surface area contributed by atoms with Crippen LogP contribution in [0.3, 0.4) is 0 Å². The van der Waals surface area contributed by atoms with Crippen LogP contribution in [0.4, 0.5) is 14.6 Å². The summed E-state index contributed by atoms with van der Waals surface area (Å²) in [7, 11) is 0. The highest BCUT2D eigenvalue weighted by atomic mass is 35.5. The molecule has 0 atom stereocenters. The molecular formula is C25H30ClF2N5OS. The predicted molar refractivity (Wildman–Crippen MR) is 136 cm³/mol. The minimum absolute atomic E-state index is 0.0977. The predicted octanol–water partition coefficient (Wildman–Crippen LogP) is 6.26. The van der Waals surface area contributed by atoms with E-state index in [2.05, 4.69) is 15.4 Å². The number of carbonyl (C=O) groups excluding carboxylic acids is 1. The summed E-state index contributed by atoms with van der Waals surface area (Å²) in [5.41, 5.74) is 0.00147. The second kappa shape index (κ2) is 10.3. The van der Waals surface area contributed by atoms with E-state index in [0.717, 1.165) is 10.6 Å². The Labute approximate surface area is 213 Å². The van der Waals surface area contributed by atoms with Crippen LogP contribution in [0, 0.1) is 5.41 Å². The SMILES string of the molecule is CC(C)(C)C(=O)n1nc(C2CCN(CC(F)(F)c3ccccn3)CC2)cc1NCc1ccc(Cl)s1. The molecule has 1 fully saturated rings. The lowest BCUT2D eigenvalue weighted by molar-refractivity contribution is -0.0463. The van der Waals surface area contributed by atoms with E-state index >= 15 is 0 Å². The lowest BCUT2D eigenvalue weighted by Crippen LogP contribution is -2.40. The minimum Gasteiger partial charge on any atom is -0.365 e. The molecule has 188 valence electrons. The summed E-state index contributed by atoms with van der Waals surface area (Å²) in [6.07, 6.45) is 2.78. The Morgan fingerprint density at radius 3 is 2.54 bits per heavy atom. The highest BCUT2D eigenvalue weighted by molar-refractivity contribution is 7.16. The second-order valence-electron chi connectivity index (χ2n) is 9.95. The van der Waals surface area contributed by atoms with Gasteiger partial charge in [0.1, 0.15) is 11.5 Å². The van der Waals surface area contributed by atoms with Crippen LogP contribution in [-0.4, -0.2) is 45.2 Å². The Morgan fingerprint density at radius 2 is 1.94 bits per heavy atom. The summed E-state index contributed by atoms with van der Waals surface area (Å²) < 4.78 is 31.5. The van der Waals surface area contributed by atoms with Crippen molar-refractivity contribution in [1.82, 2.24) is 19.7 Å². The number of pyridine rings is 1. The molecular weight excluding hydrogens is 492 g/mol. The molecule has 1 N–H and O–H groups in total. The van der Waals surface area contributed by atoms with Gasteiger partial charge in [0.05, 0.1) is 23.1 Å². The maximum atomic E-state index is 14.7. The Kier molecular flexibility index (Phi) is 7.59. The highest BCUT2D eigenvalue weighted by Gasteiger charge is 2.37. The number of nitrogens with one attached hydrogen (secondary N) is 1. The van der Waals surface area contributed by atoms with Gasteiger partial charge in [-0.05, 0) is 50.2 Å². The fraction of sp³-hybridized carbons (Fsp3) is 0.480. The molecule has 0 aliphatic carbocycles. The van der Waals surface area contributed by atoms with Gasteiger partial charge in [0, 0.05) is 28.5 Å². The van der Waals surface area contributed by atoms with Crippen LogP contribution in [0.2, 0.25) is 4.34 Å². The lowest BCUT2D eigenvalue weighted by Gasteiger charge is -2.33. The van der Waals surface area contributed by atoms with Crippen LogP contribution in [0.1, 0.15) is 60.6 Å². The van der Waals surface area contributed by atoms with Gasteiger partial charge in [-0.3, -0.25) is 14.7 Å². The number of hydrogen-bond donors (Lipinski definition) is 1. The maximum absolute atomic E-state index is 14.7. The topological polar surface area (TPSA) is 63.1 Å². The van der Waals surface area contributed by atoms with Gasteiger partial charge < -0.3 is 5.32 Å². The van der Waals surface area contributed by atoms with Gasteiger partial charge in [-0.1, -0.05) is 38.4 Å². The van der Waals surface area contributed by atoms with Crippen LogP contribution >= 0.6 is 22.9 Å². The van der Waals surface area contributed by atoms with Crippen molar-refractivity contribution in [2.24, 2.45) is 5.41 Å². The zero-order valence-electron chi connectivity index (χ0n) is 20.1. The minimum atomic E-state index is -3.00. The number of rotatable bonds is 7. The molecule has 3 aromatic heterocycles. The van der Waals surface area contributed by atoms with Crippen molar-refractivity contribution < 1.29 is 13.6 Å². The molecule has 0 bridgehead atoms. The molecule has 1 aliphatic heterocycles. The van der Waals surface area contributed by atoms with Crippen LogP contribution in [0.15, 0.2) is 42.6 Å². The summed E-state index contributed by atoms with van der Waals surface area (Å²) in [5, 5.41) is 8.00. The van der Waals surface area contributed by atoms with E-state index in [4.69, 9.17) is 11.6 Å². The third-order valence-electron chi connectivity index (χ3n) is 6.10. The molecule has 1 saturated heterocycles. The van der Waals surface area contributed by atoms with Crippen LogP contribution in [-0.2, 0) is 12.5 Å². The third-order valence-corrected chi connectivity index (χ3v) is 7.33. The van der Waals surface area contributed by atoms with E-state index in [1.54, 1.807) is 17.0 Å². The summed E-state index contributed by atoms with van der Waals surface area (Å²) in [5.74, 6) is -2.38. The number of piperidine rings is 1. The van der Waals surface area contributed by atoms with E-state index in [0.29, 0.717) is 42.6 Å². The standard InChI is InChI=1S/C25H30ClF2N5OS/c1-24(2,3)23(34)33-22(30-15-18-7-8-21(26)35-18)14-19(31-33)17-9-12-32(13-10-17)16-25(27,28)20-6-4-5-11-29-20/h4-8,11,14,17,30H,9-10,12-13,15-16H2,1-3H3. The average molecular weight is 522 g/mol. The van der Waals surface area contributed by atoms with Crippen molar-refractivity contribution in [3.63, 3.8) is 0 Å². The molecule has 0 aromatic carbocycles. The van der Waals surface area contributed by atoms with E-state index in [1.165, 1.54) is 28.3 Å². The number of thiophene rings is 1. The number of carbonyl (C=O) groups is 1. The fourth-order valence-corrected chi connectivity index (χ4v) is 5.18. The molecule has 10 heteroatoms. The summed E-state index contributed by atoms with van der Waals surface area (Å²) in [6.45, 7) is 6.82. The first kappa shape index (κ1) is 25.7. The first-order valence-electron chi connectivity index (χ1n) is 11.7. The monoisotopic (exact) mass is 521 g/mol. The smallest absolute Gasteiger partial charge is 0.302 e. The van der Waals surface area contributed by atoms with Crippen molar-refractivity contribution in [2.75, 3.05) is 25.0 Å². The molecule has 0 amide bonds. The number of aromatic nitrogens is 3. The number of alkyl halides is 2.